The average Bonchev–Trinajstić information content (AvgIpc) is 3.19. The molecule has 4 rings (SSSR count). The second kappa shape index (κ2) is 11.8. The van der Waals surface area contributed by atoms with Crippen molar-refractivity contribution in [3.8, 4) is 0 Å². The smallest absolute Gasteiger partial charge is 0.404 e. The number of carbonyl (C=O) groups excluding carboxylic acids is 5. The van der Waals surface area contributed by atoms with Crippen LogP contribution in [0.1, 0.15) is 72.9 Å². The number of hydrogen-bond donors (Lipinski definition) is 3. The highest BCUT2D eigenvalue weighted by Crippen LogP contribution is 2.48. The number of unbranched alkanes of at least 4 members (excludes halogenated alkanes) is 2. The molecule has 12 nitrogen and oxygen atoms in total. The van der Waals surface area contributed by atoms with Gasteiger partial charge in [0.05, 0.1) is 13.2 Å². The fourth-order valence-electron chi connectivity index (χ4n) is 5.88. The molecule has 2 fully saturated rings. The van der Waals surface area contributed by atoms with Gasteiger partial charge in [0, 0.05) is 30.6 Å². The summed E-state index contributed by atoms with van der Waals surface area (Å²) >= 11 is 0. The number of hydrogen-bond acceptors (Lipinski definition) is 8. The molecule has 5 N–H and O–H groups in total. The normalized spacial score (nSPS) is 23.0. The number of primary amides is 2. The summed E-state index contributed by atoms with van der Waals surface area (Å²) in [5, 5.41) is 2.35. The summed E-state index contributed by atoms with van der Waals surface area (Å²) in [4.78, 5) is 63.3. The first-order chi connectivity index (χ1) is 18.2. The van der Waals surface area contributed by atoms with Crippen molar-refractivity contribution in [2.24, 2.45) is 11.5 Å². The second-order valence-corrected chi connectivity index (χ2v) is 10.00. The van der Waals surface area contributed by atoms with Crippen LogP contribution >= 0.6 is 0 Å². The number of likely N-dealkylation sites (tertiary alicyclic amines) is 1. The van der Waals surface area contributed by atoms with Crippen molar-refractivity contribution in [3.05, 3.63) is 34.9 Å². The van der Waals surface area contributed by atoms with E-state index >= 15 is 0 Å². The first-order valence-electron chi connectivity index (χ1n) is 13.1. The van der Waals surface area contributed by atoms with Crippen LogP contribution in [0, 0.1) is 0 Å². The van der Waals surface area contributed by atoms with Crippen molar-refractivity contribution in [3.63, 3.8) is 0 Å². The summed E-state index contributed by atoms with van der Waals surface area (Å²) in [6.07, 6.45) is 3.53. The van der Waals surface area contributed by atoms with Crippen LogP contribution in [0.4, 0.5) is 9.59 Å². The molecule has 2 atom stereocenters. The predicted octanol–water partition coefficient (Wildman–Crippen LogP) is 1.49. The van der Waals surface area contributed by atoms with Crippen molar-refractivity contribution >= 4 is 29.9 Å². The van der Waals surface area contributed by atoms with Gasteiger partial charge in [-0.05, 0) is 68.7 Å². The lowest BCUT2D eigenvalue weighted by Crippen LogP contribution is -2.58. The summed E-state index contributed by atoms with van der Waals surface area (Å²) in [7, 11) is 0. The van der Waals surface area contributed by atoms with Gasteiger partial charge in [0.15, 0.2) is 0 Å². The standard InChI is InChI=1S/C26H35N5O7/c27-24(35)37-14-3-1-10-26(11-13-30(26)12-2-4-15-38-25(28)36)19-7-5-6-17-18(19)16-31(23(17)34)20-8-9-21(32)29-22(20)33/h5-7,20H,1-4,8-16H2,(H2,27,35)(H2,28,36)(H,29,32,33). The minimum atomic E-state index is -0.795. The van der Waals surface area contributed by atoms with E-state index < -0.39 is 24.1 Å². The summed E-state index contributed by atoms with van der Waals surface area (Å²) in [5.74, 6) is -0.950. The lowest BCUT2D eigenvalue weighted by atomic mass is 9.72. The first-order valence-corrected chi connectivity index (χ1v) is 13.1. The lowest BCUT2D eigenvalue weighted by molar-refractivity contribution is -0.136. The number of fused-ring (bicyclic) bond motifs is 1. The third-order valence-electron chi connectivity index (χ3n) is 7.78. The fourth-order valence-corrected chi connectivity index (χ4v) is 5.88. The molecule has 0 aliphatic carbocycles. The largest absolute Gasteiger partial charge is 0.450 e. The molecular weight excluding hydrogens is 494 g/mol. The Morgan fingerprint density at radius 1 is 1.03 bits per heavy atom. The topological polar surface area (TPSA) is 174 Å². The monoisotopic (exact) mass is 529 g/mol. The Kier molecular flexibility index (Phi) is 8.50. The number of amides is 5. The van der Waals surface area contributed by atoms with E-state index in [9.17, 15) is 24.0 Å². The maximum atomic E-state index is 13.4. The maximum absolute atomic E-state index is 13.4. The molecule has 3 aliphatic rings. The van der Waals surface area contributed by atoms with Crippen LogP contribution in [0.15, 0.2) is 18.2 Å². The molecule has 1 aromatic rings. The fraction of sp³-hybridized carbons (Fsp3) is 0.577. The highest BCUT2D eigenvalue weighted by atomic mass is 16.5. The molecule has 3 aliphatic heterocycles. The van der Waals surface area contributed by atoms with Gasteiger partial charge in [0.2, 0.25) is 11.8 Å². The molecular formula is C26H35N5O7. The number of nitrogens with two attached hydrogens (primary N) is 2. The highest BCUT2D eigenvalue weighted by molar-refractivity contribution is 6.05. The van der Waals surface area contributed by atoms with E-state index in [1.165, 1.54) is 0 Å². The quantitative estimate of drug-likeness (QED) is 0.270. The Morgan fingerprint density at radius 3 is 2.37 bits per heavy atom. The molecule has 0 aromatic heterocycles. The molecule has 5 amide bonds. The number of carbonyl (C=O) groups is 5. The maximum Gasteiger partial charge on any atom is 0.404 e. The third-order valence-corrected chi connectivity index (χ3v) is 7.78. The van der Waals surface area contributed by atoms with Crippen molar-refractivity contribution in [2.75, 3.05) is 26.3 Å². The van der Waals surface area contributed by atoms with Gasteiger partial charge in [0.25, 0.3) is 5.91 Å². The van der Waals surface area contributed by atoms with Crippen LogP contribution in [0.2, 0.25) is 0 Å². The van der Waals surface area contributed by atoms with Gasteiger partial charge in [-0.25, -0.2) is 9.59 Å². The zero-order chi connectivity index (χ0) is 27.3. The van der Waals surface area contributed by atoms with Crippen molar-refractivity contribution in [1.29, 1.82) is 0 Å². The number of imide groups is 1. The second-order valence-electron chi connectivity index (χ2n) is 10.00. The molecule has 0 radical (unpaired) electrons. The van der Waals surface area contributed by atoms with Gasteiger partial charge in [-0.1, -0.05) is 12.1 Å². The Bertz CT molecular complexity index is 1110. The minimum absolute atomic E-state index is 0.198. The summed E-state index contributed by atoms with van der Waals surface area (Å²) in [6.45, 7) is 2.46. The highest BCUT2D eigenvalue weighted by Gasteiger charge is 2.49. The zero-order valence-electron chi connectivity index (χ0n) is 21.4. The van der Waals surface area contributed by atoms with Gasteiger partial charge in [-0.2, -0.15) is 0 Å². The van der Waals surface area contributed by atoms with E-state index in [-0.39, 0.29) is 37.0 Å². The van der Waals surface area contributed by atoms with E-state index in [0.717, 1.165) is 49.9 Å². The molecule has 1 aromatic carbocycles. The van der Waals surface area contributed by atoms with Gasteiger partial charge < -0.3 is 25.8 Å². The van der Waals surface area contributed by atoms with E-state index in [1.54, 1.807) is 11.0 Å². The molecule has 0 spiro atoms. The van der Waals surface area contributed by atoms with Crippen LogP contribution in [-0.2, 0) is 31.1 Å². The van der Waals surface area contributed by atoms with Gasteiger partial charge in [0.1, 0.15) is 6.04 Å². The summed E-state index contributed by atoms with van der Waals surface area (Å²) in [5.41, 5.74) is 12.4. The van der Waals surface area contributed by atoms with Crippen molar-refractivity contribution in [2.45, 2.75) is 69.5 Å². The van der Waals surface area contributed by atoms with Crippen molar-refractivity contribution in [1.82, 2.24) is 15.1 Å². The van der Waals surface area contributed by atoms with Crippen LogP contribution in [-0.4, -0.2) is 72.1 Å². The average molecular weight is 530 g/mol. The van der Waals surface area contributed by atoms with Crippen LogP contribution in [0.5, 0.6) is 0 Å². The third kappa shape index (κ3) is 5.74. The predicted molar refractivity (Wildman–Crippen MR) is 135 cm³/mol. The van der Waals surface area contributed by atoms with E-state index in [1.807, 2.05) is 6.07 Å². The number of ether oxygens (including phenoxy) is 2. The Labute approximate surface area is 220 Å². The molecule has 38 heavy (non-hydrogen) atoms. The van der Waals surface area contributed by atoms with Crippen LogP contribution in [0.25, 0.3) is 0 Å². The SMILES string of the molecule is NC(=O)OCCCCN1CCC1(CCCCOC(N)=O)c1cccc2c1CN(C1CCC(=O)NC1=O)C2=O. The summed E-state index contributed by atoms with van der Waals surface area (Å²) < 4.78 is 9.75. The number of piperidine rings is 1. The summed E-state index contributed by atoms with van der Waals surface area (Å²) in [6, 6.07) is 5.06. The van der Waals surface area contributed by atoms with Crippen LogP contribution < -0.4 is 16.8 Å². The molecule has 3 heterocycles. The molecule has 2 saturated heterocycles. The molecule has 206 valence electrons. The molecule has 2 unspecified atom stereocenters. The number of benzene rings is 1. The molecule has 0 saturated carbocycles. The van der Waals surface area contributed by atoms with E-state index in [2.05, 4.69) is 16.3 Å². The Hall–Kier alpha value is -3.67. The molecule has 0 bridgehead atoms. The zero-order valence-corrected chi connectivity index (χ0v) is 21.4. The minimum Gasteiger partial charge on any atom is -0.450 e. The first kappa shape index (κ1) is 27.4. The van der Waals surface area contributed by atoms with E-state index in [4.69, 9.17) is 20.9 Å². The number of nitrogens with one attached hydrogen (secondary N) is 1. The lowest BCUT2D eigenvalue weighted by Gasteiger charge is -2.54. The van der Waals surface area contributed by atoms with Crippen LogP contribution in [0.3, 0.4) is 0 Å². The van der Waals surface area contributed by atoms with Gasteiger partial charge >= 0.3 is 12.2 Å². The van der Waals surface area contributed by atoms with Crippen molar-refractivity contribution < 1.29 is 33.4 Å². The molecule has 12 heteroatoms. The van der Waals surface area contributed by atoms with E-state index in [0.29, 0.717) is 31.4 Å². The Balaban J connectivity index is 1.53. The number of rotatable bonds is 12. The van der Waals surface area contributed by atoms with Gasteiger partial charge in [-0.3, -0.25) is 24.6 Å². The Morgan fingerprint density at radius 2 is 1.74 bits per heavy atom. The number of nitrogens with zero attached hydrogens (tertiary/aromatic N) is 2. The van der Waals surface area contributed by atoms with Gasteiger partial charge in [-0.15, -0.1) is 0 Å².